The van der Waals surface area contributed by atoms with E-state index in [-0.39, 0.29) is 0 Å². The lowest BCUT2D eigenvalue weighted by Gasteiger charge is -2.24. The van der Waals surface area contributed by atoms with Crippen LogP contribution in [-0.2, 0) is 17.7 Å². The van der Waals surface area contributed by atoms with Gasteiger partial charge in [0.25, 0.3) is 0 Å². The minimum Gasteiger partial charge on any atom is -0.381 e. The van der Waals surface area contributed by atoms with Crippen molar-refractivity contribution in [2.24, 2.45) is 5.92 Å². The van der Waals surface area contributed by atoms with E-state index in [4.69, 9.17) is 9.72 Å². The highest BCUT2D eigenvalue weighted by Gasteiger charge is 2.20. The standard InChI is InChI=1S/C24H27N3O/c1-2-4-8-18(7-3-1)15-23-26-22-16-25-21-10-6-5-9-20(21)24(22)27(23)17-19-11-13-28-14-12-19/h1,3,5-7,9-10,16,19H,2,4,8,11-15,17H2. The molecule has 0 unspecified atom stereocenters. The summed E-state index contributed by atoms with van der Waals surface area (Å²) in [6, 6.07) is 8.45. The van der Waals surface area contributed by atoms with E-state index >= 15 is 0 Å². The molecule has 4 nitrogen and oxygen atoms in total. The summed E-state index contributed by atoms with van der Waals surface area (Å²) in [7, 11) is 0. The minimum atomic E-state index is 0.653. The van der Waals surface area contributed by atoms with Crippen LogP contribution < -0.4 is 0 Å². The third-order valence-electron chi connectivity index (χ3n) is 6.06. The van der Waals surface area contributed by atoms with Crippen molar-refractivity contribution in [3.05, 3.63) is 60.1 Å². The fourth-order valence-electron chi connectivity index (χ4n) is 4.51. The van der Waals surface area contributed by atoms with Gasteiger partial charge in [-0.15, -0.1) is 0 Å². The highest BCUT2D eigenvalue weighted by Crippen LogP contribution is 2.29. The second-order valence-corrected chi connectivity index (χ2v) is 8.03. The fourth-order valence-corrected chi connectivity index (χ4v) is 4.51. The largest absolute Gasteiger partial charge is 0.381 e. The zero-order valence-corrected chi connectivity index (χ0v) is 16.3. The molecule has 3 aromatic rings. The molecule has 144 valence electrons. The van der Waals surface area contributed by atoms with Gasteiger partial charge in [0.2, 0.25) is 0 Å². The summed E-state index contributed by atoms with van der Waals surface area (Å²) >= 11 is 0. The Kier molecular flexibility index (Phi) is 4.96. The van der Waals surface area contributed by atoms with Crippen LogP contribution in [-0.4, -0.2) is 27.7 Å². The number of allylic oxidation sites excluding steroid dienone is 4. The summed E-state index contributed by atoms with van der Waals surface area (Å²) in [4.78, 5) is 9.71. The highest BCUT2D eigenvalue weighted by atomic mass is 16.5. The Hall–Kier alpha value is -2.46. The molecule has 1 aliphatic carbocycles. The van der Waals surface area contributed by atoms with Crippen molar-refractivity contribution >= 4 is 21.9 Å². The molecule has 1 fully saturated rings. The number of fused-ring (bicyclic) bond motifs is 3. The summed E-state index contributed by atoms with van der Waals surface area (Å²) in [6.07, 6.45) is 15.5. The van der Waals surface area contributed by atoms with Gasteiger partial charge in [0.05, 0.1) is 17.2 Å². The first-order chi connectivity index (χ1) is 13.9. The van der Waals surface area contributed by atoms with Gasteiger partial charge in [-0.3, -0.25) is 4.98 Å². The SMILES string of the molecule is C1=CCCCC(Cc2nc3cnc4ccccc4c3n2CC2CCOCC2)=C1. The van der Waals surface area contributed by atoms with Crippen LogP contribution in [0.1, 0.15) is 37.9 Å². The van der Waals surface area contributed by atoms with Gasteiger partial charge >= 0.3 is 0 Å². The van der Waals surface area contributed by atoms with Crippen molar-refractivity contribution in [3.63, 3.8) is 0 Å². The number of nitrogens with zero attached hydrogens (tertiary/aromatic N) is 3. The van der Waals surface area contributed by atoms with Crippen molar-refractivity contribution < 1.29 is 4.74 Å². The number of hydrogen-bond acceptors (Lipinski definition) is 3. The van der Waals surface area contributed by atoms with Crippen molar-refractivity contribution in [1.29, 1.82) is 0 Å². The molecule has 1 aromatic carbocycles. The maximum absolute atomic E-state index is 5.59. The van der Waals surface area contributed by atoms with E-state index in [0.29, 0.717) is 5.92 Å². The second kappa shape index (κ2) is 7.88. The topological polar surface area (TPSA) is 39.9 Å². The van der Waals surface area contributed by atoms with Crippen LogP contribution in [0.2, 0.25) is 0 Å². The number of rotatable bonds is 4. The Labute approximate surface area is 165 Å². The van der Waals surface area contributed by atoms with Crippen molar-refractivity contribution in [2.75, 3.05) is 13.2 Å². The van der Waals surface area contributed by atoms with E-state index in [1.54, 1.807) is 0 Å². The molecule has 0 N–H and O–H groups in total. The Morgan fingerprint density at radius 2 is 2.00 bits per heavy atom. The molecule has 3 heterocycles. The van der Waals surface area contributed by atoms with Crippen LogP contribution in [0.5, 0.6) is 0 Å². The number of pyridine rings is 1. The Morgan fingerprint density at radius 3 is 2.93 bits per heavy atom. The molecule has 2 aromatic heterocycles. The molecule has 28 heavy (non-hydrogen) atoms. The maximum Gasteiger partial charge on any atom is 0.114 e. The van der Waals surface area contributed by atoms with Crippen LogP contribution in [0.25, 0.3) is 21.9 Å². The van der Waals surface area contributed by atoms with Gasteiger partial charge in [-0.2, -0.15) is 0 Å². The number of para-hydroxylation sites is 1. The molecule has 0 saturated carbocycles. The quantitative estimate of drug-likeness (QED) is 0.629. The summed E-state index contributed by atoms with van der Waals surface area (Å²) in [5.41, 5.74) is 4.79. The first-order valence-corrected chi connectivity index (χ1v) is 10.5. The van der Waals surface area contributed by atoms with Crippen molar-refractivity contribution in [3.8, 4) is 0 Å². The molecule has 0 amide bonds. The Morgan fingerprint density at radius 1 is 1.11 bits per heavy atom. The second-order valence-electron chi connectivity index (χ2n) is 8.03. The molecule has 0 bridgehead atoms. The molecule has 0 radical (unpaired) electrons. The maximum atomic E-state index is 5.59. The Balaban J connectivity index is 1.61. The molecule has 1 aliphatic heterocycles. The van der Waals surface area contributed by atoms with E-state index in [2.05, 4.69) is 52.0 Å². The monoisotopic (exact) mass is 373 g/mol. The van der Waals surface area contributed by atoms with E-state index in [9.17, 15) is 0 Å². The van der Waals surface area contributed by atoms with Crippen molar-refractivity contribution in [2.45, 2.75) is 45.1 Å². The smallest absolute Gasteiger partial charge is 0.114 e. The van der Waals surface area contributed by atoms with Gasteiger partial charge in [-0.25, -0.2) is 4.98 Å². The predicted octanol–water partition coefficient (Wildman–Crippen LogP) is 5.22. The average Bonchev–Trinajstić information content (AvgIpc) is 2.90. The molecule has 0 atom stereocenters. The number of hydrogen-bond donors (Lipinski definition) is 0. The number of ether oxygens (including phenoxy) is 1. The van der Waals surface area contributed by atoms with Gasteiger partial charge in [-0.05, 0) is 44.1 Å². The van der Waals surface area contributed by atoms with Gasteiger partial charge in [0.15, 0.2) is 0 Å². The van der Waals surface area contributed by atoms with Gasteiger partial charge < -0.3 is 9.30 Å². The molecule has 2 aliphatic rings. The summed E-state index contributed by atoms with van der Waals surface area (Å²) < 4.78 is 8.08. The Bertz CT molecular complexity index is 1040. The molecular weight excluding hydrogens is 346 g/mol. The third-order valence-corrected chi connectivity index (χ3v) is 6.06. The van der Waals surface area contributed by atoms with Crippen LogP contribution >= 0.6 is 0 Å². The van der Waals surface area contributed by atoms with Crippen LogP contribution in [0.15, 0.2) is 54.3 Å². The predicted molar refractivity (Wildman–Crippen MR) is 113 cm³/mol. The minimum absolute atomic E-state index is 0.653. The number of imidazole rings is 1. The zero-order valence-electron chi connectivity index (χ0n) is 16.3. The third kappa shape index (κ3) is 3.49. The van der Waals surface area contributed by atoms with Crippen molar-refractivity contribution in [1.82, 2.24) is 14.5 Å². The van der Waals surface area contributed by atoms with E-state index < -0.39 is 0 Å². The fraction of sp³-hybridized carbons (Fsp3) is 0.417. The van der Waals surface area contributed by atoms with E-state index in [1.165, 1.54) is 35.1 Å². The first kappa shape index (κ1) is 17.6. The molecule has 5 rings (SSSR count). The van der Waals surface area contributed by atoms with E-state index in [0.717, 1.165) is 56.5 Å². The molecule has 1 saturated heterocycles. The lowest BCUT2D eigenvalue weighted by molar-refractivity contribution is 0.0614. The number of benzene rings is 1. The molecule has 4 heteroatoms. The molecule has 0 spiro atoms. The number of aromatic nitrogens is 3. The van der Waals surface area contributed by atoms with Crippen LogP contribution in [0.3, 0.4) is 0 Å². The van der Waals surface area contributed by atoms with Gasteiger partial charge in [0.1, 0.15) is 11.3 Å². The van der Waals surface area contributed by atoms with Gasteiger partial charge in [-0.1, -0.05) is 42.0 Å². The van der Waals surface area contributed by atoms with Crippen LogP contribution in [0.4, 0.5) is 0 Å². The summed E-state index contributed by atoms with van der Waals surface area (Å²) in [5, 5.41) is 1.21. The van der Waals surface area contributed by atoms with E-state index in [1.807, 2.05) is 6.20 Å². The van der Waals surface area contributed by atoms with Crippen LogP contribution in [0, 0.1) is 5.92 Å². The summed E-state index contributed by atoms with van der Waals surface area (Å²) in [5.74, 6) is 1.83. The molecular formula is C24H27N3O. The first-order valence-electron chi connectivity index (χ1n) is 10.5. The average molecular weight is 374 g/mol. The van der Waals surface area contributed by atoms with Gasteiger partial charge in [0, 0.05) is 31.6 Å². The zero-order chi connectivity index (χ0) is 18.8. The lowest BCUT2D eigenvalue weighted by atomic mass is 9.99. The lowest BCUT2D eigenvalue weighted by Crippen LogP contribution is -2.21. The normalized spacial score (nSPS) is 18.5. The highest BCUT2D eigenvalue weighted by molar-refractivity contribution is 6.02. The summed E-state index contributed by atoms with van der Waals surface area (Å²) in [6.45, 7) is 2.78.